The average Bonchev–Trinajstić information content (AvgIpc) is 2.72. The number of ether oxygens (including phenoxy) is 3. The van der Waals surface area contributed by atoms with Crippen LogP contribution in [0.3, 0.4) is 0 Å². The molecule has 1 aliphatic rings. The Morgan fingerprint density at radius 3 is 2.39 bits per heavy atom. The van der Waals surface area contributed by atoms with Crippen molar-refractivity contribution in [1.29, 1.82) is 0 Å². The van der Waals surface area contributed by atoms with Crippen molar-refractivity contribution < 1.29 is 34.3 Å². The quantitative estimate of drug-likeness (QED) is 0.388. The maximum atomic E-state index is 12.3. The van der Waals surface area contributed by atoms with Gasteiger partial charge in [0.2, 0.25) is 0 Å². The topological polar surface area (TPSA) is 105 Å². The Kier molecular flexibility index (Phi) is 9.87. The fourth-order valence-corrected chi connectivity index (χ4v) is 3.18. The van der Waals surface area contributed by atoms with E-state index < -0.39 is 43.3 Å². The molecule has 1 heterocycles. The molecule has 3 N–H and O–H groups in total. The van der Waals surface area contributed by atoms with Crippen LogP contribution in [0.5, 0.6) is 0 Å². The first kappa shape index (κ1) is 22.8. The van der Waals surface area contributed by atoms with Gasteiger partial charge in [0.15, 0.2) is 12.4 Å². The number of hydrogen-bond donors (Lipinski definition) is 3. The van der Waals surface area contributed by atoms with Gasteiger partial charge in [-0.15, -0.1) is 0 Å². The molecule has 0 aliphatic carbocycles. The van der Waals surface area contributed by atoms with Crippen molar-refractivity contribution in [2.24, 2.45) is 0 Å². The SMILES string of the molecule is CCCCCCCCO[C@@H]1O[C@H](CO)[C@@H](O)[C@H](OC(=O)c2ccccc2)[C@H]1O. The lowest BCUT2D eigenvalue weighted by atomic mass is 9.99. The van der Waals surface area contributed by atoms with Crippen molar-refractivity contribution >= 4 is 5.97 Å². The van der Waals surface area contributed by atoms with Gasteiger partial charge in [0, 0.05) is 6.61 Å². The summed E-state index contributed by atoms with van der Waals surface area (Å²) >= 11 is 0. The van der Waals surface area contributed by atoms with Gasteiger partial charge in [-0.2, -0.15) is 0 Å². The lowest BCUT2D eigenvalue weighted by molar-refractivity contribution is -0.300. The maximum absolute atomic E-state index is 12.3. The van der Waals surface area contributed by atoms with Crippen molar-refractivity contribution in [3.05, 3.63) is 35.9 Å². The Morgan fingerprint density at radius 1 is 1.04 bits per heavy atom. The number of unbranched alkanes of at least 4 members (excludes halogenated alkanes) is 5. The summed E-state index contributed by atoms with van der Waals surface area (Å²) in [5.41, 5.74) is 0.304. The fourth-order valence-electron chi connectivity index (χ4n) is 3.18. The molecule has 1 fully saturated rings. The van der Waals surface area contributed by atoms with Crippen LogP contribution >= 0.6 is 0 Å². The first-order valence-electron chi connectivity index (χ1n) is 10.1. The van der Waals surface area contributed by atoms with E-state index in [0.29, 0.717) is 12.2 Å². The molecule has 0 radical (unpaired) electrons. The first-order valence-corrected chi connectivity index (χ1v) is 10.1. The van der Waals surface area contributed by atoms with Gasteiger partial charge in [0.05, 0.1) is 12.2 Å². The molecule has 0 bridgehead atoms. The number of benzene rings is 1. The zero-order valence-electron chi connectivity index (χ0n) is 16.4. The van der Waals surface area contributed by atoms with Crippen LogP contribution in [-0.4, -0.2) is 65.2 Å². The second kappa shape index (κ2) is 12.1. The van der Waals surface area contributed by atoms with Crippen molar-refractivity contribution in [3.63, 3.8) is 0 Å². The number of esters is 1. The van der Waals surface area contributed by atoms with E-state index in [1.807, 2.05) is 0 Å². The summed E-state index contributed by atoms with van der Waals surface area (Å²) in [5, 5.41) is 30.3. The molecule has 1 aromatic carbocycles. The van der Waals surface area contributed by atoms with E-state index in [1.165, 1.54) is 19.3 Å². The predicted molar refractivity (Wildman–Crippen MR) is 103 cm³/mol. The van der Waals surface area contributed by atoms with Crippen molar-refractivity contribution in [2.75, 3.05) is 13.2 Å². The predicted octanol–water partition coefficient (Wildman–Crippen LogP) is 2.03. The third kappa shape index (κ3) is 6.53. The lowest BCUT2D eigenvalue weighted by Gasteiger charge is -2.41. The van der Waals surface area contributed by atoms with E-state index >= 15 is 0 Å². The highest BCUT2D eigenvalue weighted by atomic mass is 16.7. The van der Waals surface area contributed by atoms with Gasteiger partial charge in [-0.25, -0.2) is 4.79 Å². The van der Waals surface area contributed by atoms with Crippen LogP contribution in [0.15, 0.2) is 30.3 Å². The standard InChI is InChI=1S/C21H32O7/c1-2-3-4-5-6-10-13-26-21-18(24)19(17(23)16(14-22)27-21)28-20(25)15-11-8-7-9-12-15/h7-9,11-12,16-19,21-24H,2-6,10,13-14H2,1H3/t16-,17-,18-,19+,21-/m1/s1. The van der Waals surface area contributed by atoms with E-state index in [4.69, 9.17) is 14.2 Å². The van der Waals surface area contributed by atoms with Gasteiger partial charge in [-0.05, 0) is 18.6 Å². The molecular weight excluding hydrogens is 364 g/mol. The number of carbonyl (C=O) groups excluding carboxylic acids is 1. The van der Waals surface area contributed by atoms with Gasteiger partial charge in [-0.3, -0.25) is 0 Å². The number of rotatable bonds is 11. The Morgan fingerprint density at radius 2 is 1.71 bits per heavy atom. The van der Waals surface area contributed by atoms with Crippen LogP contribution in [0.25, 0.3) is 0 Å². The van der Waals surface area contributed by atoms with Crippen LogP contribution in [-0.2, 0) is 14.2 Å². The van der Waals surface area contributed by atoms with E-state index in [0.717, 1.165) is 19.3 Å². The molecule has 0 unspecified atom stereocenters. The molecule has 0 spiro atoms. The molecule has 0 saturated carbocycles. The van der Waals surface area contributed by atoms with Crippen LogP contribution in [0.4, 0.5) is 0 Å². The minimum atomic E-state index is -1.36. The van der Waals surface area contributed by atoms with Gasteiger partial charge < -0.3 is 29.5 Å². The third-order valence-corrected chi connectivity index (χ3v) is 4.85. The van der Waals surface area contributed by atoms with Crippen LogP contribution < -0.4 is 0 Å². The Labute approximate surface area is 166 Å². The molecule has 7 heteroatoms. The summed E-state index contributed by atoms with van der Waals surface area (Å²) in [4.78, 5) is 12.3. The summed E-state index contributed by atoms with van der Waals surface area (Å²) in [6.07, 6.45) is 0.494. The van der Waals surface area contributed by atoms with Crippen LogP contribution in [0.1, 0.15) is 55.8 Å². The molecular formula is C21H32O7. The average molecular weight is 396 g/mol. The molecule has 1 saturated heterocycles. The molecule has 7 nitrogen and oxygen atoms in total. The lowest BCUT2D eigenvalue weighted by Crippen LogP contribution is -2.60. The molecule has 0 aromatic heterocycles. The molecule has 5 atom stereocenters. The largest absolute Gasteiger partial charge is 0.453 e. The number of aliphatic hydroxyl groups is 3. The molecule has 1 aromatic rings. The normalized spacial score (nSPS) is 27.5. The fraction of sp³-hybridized carbons (Fsp3) is 0.667. The smallest absolute Gasteiger partial charge is 0.338 e. The summed E-state index contributed by atoms with van der Waals surface area (Å²) < 4.78 is 16.4. The van der Waals surface area contributed by atoms with E-state index in [9.17, 15) is 20.1 Å². The van der Waals surface area contributed by atoms with Gasteiger partial charge >= 0.3 is 5.97 Å². The zero-order valence-corrected chi connectivity index (χ0v) is 16.4. The first-order chi connectivity index (χ1) is 13.6. The molecule has 1 aliphatic heterocycles. The molecule has 28 heavy (non-hydrogen) atoms. The Bertz CT molecular complexity index is 565. The highest BCUT2D eigenvalue weighted by Gasteiger charge is 2.47. The Balaban J connectivity index is 1.89. The molecule has 0 amide bonds. The van der Waals surface area contributed by atoms with Crippen molar-refractivity contribution in [1.82, 2.24) is 0 Å². The Hall–Kier alpha value is -1.51. The summed E-state index contributed by atoms with van der Waals surface area (Å²) in [7, 11) is 0. The zero-order chi connectivity index (χ0) is 20.4. The summed E-state index contributed by atoms with van der Waals surface area (Å²) in [6, 6.07) is 8.31. The minimum absolute atomic E-state index is 0.304. The minimum Gasteiger partial charge on any atom is -0.453 e. The highest BCUT2D eigenvalue weighted by Crippen LogP contribution is 2.25. The molecule has 2 rings (SSSR count). The van der Waals surface area contributed by atoms with Gasteiger partial charge in [0.1, 0.15) is 18.3 Å². The summed E-state index contributed by atoms with van der Waals surface area (Å²) in [5.74, 6) is -0.669. The van der Waals surface area contributed by atoms with E-state index in [-0.39, 0.29) is 0 Å². The second-order valence-corrected chi connectivity index (χ2v) is 7.08. The van der Waals surface area contributed by atoms with Crippen LogP contribution in [0, 0.1) is 0 Å². The second-order valence-electron chi connectivity index (χ2n) is 7.08. The van der Waals surface area contributed by atoms with Crippen molar-refractivity contribution in [2.45, 2.75) is 76.2 Å². The van der Waals surface area contributed by atoms with E-state index in [2.05, 4.69) is 6.92 Å². The monoisotopic (exact) mass is 396 g/mol. The maximum Gasteiger partial charge on any atom is 0.338 e. The van der Waals surface area contributed by atoms with E-state index in [1.54, 1.807) is 30.3 Å². The number of carbonyl (C=O) groups is 1. The summed E-state index contributed by atoms with van der Waals surface area (Å²) in [6.45, 7) is 2.06. The number of aliphatic hydroxyl groups excluding tert-OH is 3. The van der Waals surface area contributed by atoms with Crippen LogP contribution in [0.2, 0.25) is 0 Å². The highest BCUT2D eigenvalue weighted by molar-refractivity contribution is 5.89. The third-order valence-electron chi connectivity index (χ3n) is 4.85. The van der Waals surface area contributed by atoms with Gasteiger partial charge in [0.25, 0.3) is 0 Å². The van der Waals surface area contributed by atoms with Crippen molar-refractivity contribution in [3.8, 4) is 0 Å². The number of hydrogen-bond acceptors (Lipinski definition) is 7. The molecule has 158 valence electrons. The van der Waals surface area contributed by atoms with Gasteiger partial charge in [-0.1, -0.05) is 57.2 Å².